The van der Waals surface area contributed by atoms with Gasteiger partial charge in [-0.25, -0.2) is 8.78 Å². The number of aromatic nitrogens is 5. The van der Waals surface area contributed by atoms with Gasteiger partial charge in [-0.2, -0.15) is 5.10 Å². The molecule has 0 saturated heterocycles. The first kappa shape index (κ1) is 15.5. The molecule has 8 heteroatoms. The van der Waals surface area contributed by atoms with E-state index in [0.29, 0.717) is 22.9 Å². The number of aryl methyl sites for hydroxylation is 2. The smallest absolute Gasteiger partial charge is 0.162 e. The Morgan fingerprint density at radius 3 is 2.85 bits per heavy atom. The fourth-order valence-corrected chi connectivity index (χ4v) is 4.07. The van der Waals surface area contributed by atoms with E-state index in [1.807, 2.05) is 18.5 Å². The summed E-state index contributed by atoms with van der Waals surface area (Å²) in [6.45, 7) is 6.37. The van der Waals surface area contributed by atoms with Crippen molar-refractivity contribution in [2.24, 2.45) is 0 Å². The molecule has 0 fully saturated rings. The first-order valence-corrected chi connectivity index (χ1v) is 8.66. The van der Waals surface area contributed by atoms with E-state index in [-0.39, 0.29) is 11.3 Å². The Hall–Kier alpha value is -2.77. The van der Waals surface area contributed by atoms with Crippen molar-refractivity contribution in [3.05, 3.63) is 41.2 Å². The molecule has 0 aliphatic carbocycles. The third-order valence-corrected chi connectivity index (χ3v) is 5.25. The Labute approximate surface area is 148 Å². The predicted molar refractivity (Wildman–Crippen MR) is 92.2 cm³/mol. The maximum absolute atomic E-state index is 15.6. The van der Waals surface area contributed by atoms with Crippen LogP contribution in [-0.4, -0.2) is 24.5 Å². The van der Waals surface area contributed by atoms with Crippen LogP contribution < -0.4 is 5.32 Å². The van der Waals surface area contributed by atoms with Crippen molar-refractivity contribution in [2.75, 3.05) is 5.32 Å². The highest BCUT2D eigenvalue weighted by atomic mass is 19.1. The van der Waals surface area contributed by atoms with Crippen LogP contribution in [0.25, 0.3) is 16.8 Å². The summed E-state index contributed by atoms with van der Waals surface area (Å²) in [5.74, 6) is -0.0528. The fraction of sp³-hybridized carbons (Fsp3) is 0.389. The summed E-state index contributed by atoms with van der Waals surface area (Å²) in [6.07, 6.45) is 3.27. The lowest BCUT2D eigenvalue weighted by Gasteiger charge is -2.34. The van der Waals surface area contributed by atoms with Gasteiger partial charge in [-0.05, 0) is 33.6 Å². The Balaban J connectivity index is 1.81. The van der Waals surface area contributed by atoms with E-state index < -0.39 is 17.2 Å². The number of halogens is 2. The monoisotopic (exact) mass is 356 g/mol. The number of anilines is 1. The maximum atomic E-state index is 15.6. The zero-order chi connectivity index (χ0) is 18.2. The molecular weight excluding hydrogens is 338 g/mol. The minimum Gasteiger partial charge on any atom is -0.371 e. The van der Waals surface area contributed by atoms with E-state index in [2.05, 4.69) is 20.6 Å². The van der Waals surface area contributed by atoms with Crippen molar-refractivity contribution in [2.45, 2.75) is 45.7 Å². The lowest BCUT2D eigenvalue weighted by Crippen LogP contribution is -2.36. The van der Waals surface area contributed by atoms with E-state index in [0.717, 1.165) is 25.1 Å². The van der Waals surface area contributed by atoms with Crippen LogP contribution >= 0.6 is 0 Å². The summed E-state index contributed by atoms with van der Waals surface area (Å²) < 4.78 is 34.1. The van der Waals surface area contributed by atoms with Gasteiger partial charge in [-0.3, -0.25) is 9.25 Å². The van der Waals surface area contributed by atoms with Gasteiger partial charge in [0.2, 0.25) is 0 Å². The van der Waals surface area contributed by atoms with Crippen LogP contribution in [0.5, 0.6) is 0 Å². The van der Waals surface area contributed by atoms with Crippen LogP contribution in [0.15, 0.2) is 12.3 Å². The molecule has 2 aliphatic heterocycles. The average molecular weight is 356 g/mol. The summed E-state index contributed by atoms with van der Waals surface area (Å²) in [5, 5.41) is 15.8. The van der Waals surface area contributed by atoms with Crippen LogP contribution in [0.3, 0.4) is 0 Å². The minimum atomic E-state index is -0.616. The normalized spacial score (nSPS) is 16.8. The third kappa shape index (κ3) is 1.87. The molecule has 134 valence electrons. The molecule has 3 aromatic rings. The minimum absolute atomic E-state index is 0.0348. The van der Waals surface area contributed by atoms with Gasteiger partial charge in [0.15, 0.2) is 11.6 Å². The molecule has 26 heavy (non-hydrogen) atoms. The SMILES string of the molecule is Cc1nnc2n1-c1c(cc(F)c(-c3cnn4c3CCC4)c1F)NC2(C)C. The maximum Gasteiger partial charge on any atom is 0.162 e. The molecule has 6 nitrogen and oxygen atoms in total. The number of benzene rings is 1. The molecule has 1 N–H and O–H groups in total. The molecule has 5 rings (SSSR count). The number of hydrogen-bond acceptors (Lipinski definition) is 4. The molecule has 0 saturated carbocycles. The van der Waals surface area contributed by atoms with Crippen molar-refractivity contribution >= 4 is 5.69 Å². The van der Waals surface area contributed by atoms with Gasteiger partial charge in [-0.15, -0.1) is 10.2 Å². The van der Waals surface area contributed by atoms with Crippen molar-refractivity contribution in [3.63, 3.8) is 0 Å². The summed E-state index contributed by atoms with van der Waals surface area (Å²) in [7, 11) is 0. The van der Waals surface area contributed by atoms with Gasteiger partial charge in [0.25, 0.3) is 0 Å². The number of rotatable bonds is 1. The van der Waals surface area contributed by atoms with E-state index in [9.17, 15) is 4.39 Å². The average Bonchev–Trinajstić information content (AvgIpc) is 3.24. The van der Waals surface area contributed by atoms with Gasteiger partial charge in [0, 0.05) is 23.9 Å². The molecule has 1 aromatic carbocycles. The van der Waals surface area contributed by atoms with Crippen molar-refractivity contribution in [3.8, 4) is 16.8 Å². The molecule has 2 aliphatic rings. The molecule has 0 unspecified atom stereocenters. The Morgan fingerprint density at radius 1 is 1.23 bits per heavy atom. The summed E-state index contributed by atoms with van der Waals surface area (Å²) in [5.41, 5.74) is 1.44. The zero-order valence-corrected chi connectivity index (χ0v) is 14.8. The lowest BCUT2D eigenvalue weighted by atomic mass is 9.96. The van der Waals surface area contributed by atoms with Crippen molar-refractivity contribution in [1.82, 2.24) is 24.5 Å². The van der Waals surface area contributed by atoms with E-state index in [1.165, 1.54) is 6.07 Å². The zero-order valence-electron chi connectivity index (χ0n) is 14.8. The van der Waals surface area contributed by atoms with Crippen LogP contribution in [0, 0.1) is 18.6 Å². The molecule has 0 radical (unpaired) electrons. The van der Waals surface area contributed by atoms with Gasteiger partial charge < -0.3 is 5.32 Å². The Morgan fingerprint density at radius 2 is 2.04 bits per heavy atom. The molecule has 2 aromatic heterocycles. The van der Waals surface area contributed by atoms with Crippen LogP contribution in [0.1, 0.15) is 37.6 Å². The topological polar surface area (TPSA) is 60.6 Å². The molecule has 0 amide bonds. The first-order chi connectivity index (χ1) is 12.4. The van der Waals surface area contributed by atoms with Crippen LogP contribution in [0.2, 0.25) is 0 Å². The number of nitrogens with one attached hydrogen (secondary N) is 1. The standard InChI is InChI=1S/C18H18F2N6/c1-9-23-24-17-18(2,3)22-12-7-11(19)14(15(20)16(12)26(9)17)10-8-21-25-6-4-5-13(10)25/h7-8,22H,4-6H2,1-3H3. The summed E-state index contributed by atoms with van der Waals surface area (Å²) in [6, 6.07) is 1.36. The second-order valence-electron chi connectivity index (χ2n) is 7.43. The number of hydrogen-bond donors (Lipinski definition) is 1. The Bertz CT molecular complexity index is 1060. The second-order valence-corrected chi connectivity index (χ2v) is 7.43. The van der Waals surface area contributed by atoms with Gasteiger partial charge in [0.05, 0.1) is 23.0 Å². The molecule has 0 spiro atoms. The van der Waals surface area contributed by atoms with E-state index in [4.69, 9.17) is 0 Å². The van der Waals surface area contributed by atoms with E-state index >= 15 is 4.39 Å². The highest BCUT2D eigenvalue weighted by Gasteiger charge is 2.37. The summed E-state index contributed by atoms with van der Waals surface area (Å²) in [4.78, 5) is 0. The van der Waals surface area contributed by atoms with E-state index in [1.54, 1.807) is 17.7 Å². The van der Waals surface area contributed by atoms with Crippen molar-refractivity contribution < 1.29 is 8.78 Å². The quantitative estimate of drug-likeness (QED) is 0.727. The Kier molecular flexibility index (Phi) is 2.92. The molecule has 0 bridgehead atoms. The number of fused-ring (bicyclic) bond motifs is 4. The highest BCUT2D eigenvalue weighted by Crippen LogP contribution is 2.43. The first-order valence-electron chi connectivity index (χ1n) is 8.66. The second kappa shape index (κ2) is 4.90. The van der Waals surface area contributed by atoms with Crippen LogP contribution in [0.4, 0.5) is 14.5 Å². The molecule has 4 heterocycles. The molecular formula is C18H18F2N6. The van der Waals surface area contributed by atoms with Gasteiger partial charge >= 0.3 is 0 Å². The molecule has 0 atom stereocenters. The lowest BCUT2D eigenvalue weighted by molar-refractivity contribution is 0.517. The number of nitrogens with zero attached hydrogens (tertiary/aromatic N) is 5. The third-order valence-electron chi connectivity index (χ3n) is 5.25. The highest BCUT2D eigenvalue weighted by molar-refractivity contribution is 5.77. The largest absolute Gasteiger partial charge is 0.371 e. The predicted octanol–water partition coefficient (Wildman–Crippen LogP) is 3.32. The van der Waals surface area contributed by atoms with Crippen LogP contribution in [-0.2, 0) is 18.5 Å². The summed E-state index contributed by atoms with van der Waals surface area (Å²) >= 11 is 0. The fourth-order valence-electron chi connectivity index (χ4n) is 4.07. The van der Waals surface area contributed by atoms with Gasteiger partial charge in [0.1, 0.15) is 17.3 Å². The van der Waals surface area contributed by atoms with Crippen molar-refractivity contribution in [1.29, 1.82) is 0 Å². The van der Waals surface area contributed by atoms with Gasteiger partial charge in [-0.1, -0.05) is 0 Å².